The number of nitrogens with one attached hydrogen (secondary N) is 2. The molecule has 0 bridgehead atoms. The van der Waals surface area contributed by atoms with Gasteiger partial charge in [-0.25, -0.2) is 0 Å². The molecule has 1 fully saturated rings. The number of carbonyl (C=O) groups is 2. The molecule has 0 saturated carbocycles. The average molecular weight is 310 g/mol. The van der Waals surface area contributed by atoms with Crippen LogP contribution in [0.15, 0.2) is 11.4 Å². The maximum absolute atomic E-state index is 12.2. The van der Waals surface area contributed by atoms with E-state index < -0.39 is 5.91 Å². The van der Waals surface area contributed by atoms with Crippen LogP contribution in [0.5, 0.6) is 0 Å². The fourth-order valence-corrected chi connectivity index (χ4v) is 3.39. The van der Waals surface area contributed by atoms with Crippen LogP contribution in [0, 0.1) is 0 Å². The monoisotopic (exact) mass is 310 g/mol. The van der Waals surface area contributed by atoms with Gasteiger partial charge >= 0.3 is 0 Å². The minimum atomic E-state index is -0.517. The van der Waals surface area contributed by atoms with Gasteiger partial charge in [0.15, 0.2) is 0 Å². The molecule has 2 amide bonds. The van der Waals surface area contributed by atoms with Gasteiger partial charge in [0.25, 0.3) is 5.91 Å². The number of amides is 2. The van der Waals surface area contributed by atoms with Crippen LogP contribution in [0.4, 0.5) is 5.00 Å². The normalized spacial score (nSPS) is 18.1. The summed E-state index contributed by atoms with van der Waals surface area (Å²) >= 11 is 1.32. The number of primary amides is 1. The van der Waals surface area contributed by atoms with Crippen molar-refractivity contribution in [3.05, 3.63) is 17.0 Å². The van der Waals surface area contributed by atoms with Crippen LogP contribution in [-0.4, -0.2) is 48.9 Å². The Morgan fingerprint density at radius 2 is 2.38 bits per heavy atom. The van der Waals surface area contributed by atoms with Crippen molar-refractivity contribution in [2.24, 2.45) is 5.73 Å². The number of thiophene rings is 1. The highest BCUT2D eigenvalue weighted by Gasteiger charge is 2.24. The predicted molar refractivity (Wildman–Crippen MR) is 84.6 cm³/mol. The number of carbonyl (C=O) groups excluding carboxylic acids is 2. The summed E-state index contributed by atoms with van der Waals surface area (Å²) < 4.78 is 0. The van der Waals surface area contributed by atoms with Crippen LogP contribution in [-0.2, 0) is 4.79 Å². The van der Waals surface area contributed by atoms with Gasteiger partial charge in [-0.15, -0.1) is 11.3 Å². The summed E-state index contributed by atoms with van der Waals surface area (Å²) in [5.41, 5.74) is 5.65. The van der Waals surface area contributed by atoms with Crippen molar-refractivity contribution in [2.75, 3.05) is 31.5 Å². The highest BCUT2D eigenvalue weighted by atomic mass is 32.1. The number of nitrogens with zero attached hydrogens (tertiary/aromatic N) is 1. The molecular weight excluding hydrogens is 288 g/mol. The molecule has 6 nitrogen and oxygen atoms in total. The van der Waals surface area contributed by atoms with Crippen molar-refractivity contribution >= 4 is 28.2 Å². The standard InChI is InChI=1S/C14H22N4O2S/c1-2-6-18(10-3-5-16-8-10)9-12(19)17-14-11(13(15)20)4-7-21-14/h4,7,10,16H,2-3,5-6,8-9H2,1H3,(H2,15,20)(H,17,19). The Morgan fingerprint density at radius 3 is 3.00 bits per heavy atom. The molecule has 1 unspecified atom stereocenters. The zero-order chi connectivity index (χ0) is 15.2. The first-order chi connectivity index (χ1) is 10.1. The van der Waals surface area contributed by atoms with Crippen molar-refractivity contribution < 1.29 is 9.59 Å². The first kappa shape index (κ1) is 15.9. The second kappa shape index (κ2) is 7.53. The van der Waals surface area contributed by atoms with Crippen LogP contribution in [0.25, 0.3) is 0 Å². The van der Waals surface area contributed by atoms with Gasteiger partial charge in [0, 0.05) is 12.6 Å². The van der Waals surface area contributed by atoms with E-state index in [0.29, 0.717) is 23.2 Å². The van der Waals surface area contributed by atoms with Crippen molar-refractivity contribution in [1.82, 2.24) is 10.2 Å². The molecule has 0 aromatic carbocycles. The summed E-state index contributed by atoms with van der Waals surface area (Å²) in [4.78, 5) is 25.7. The second-order valence-electron chi connectivity index (χ2n) is 5.19. The minimum absolute atomic E-state index is 0.0969. The van der Waals surface area contributed by atoms with E-state index in [4.69, 9.17) is 5.73 Å². The number of anilines is 1. The summed E-state index contributed by atoms with van der Waals surface area (Å²) in [5, 5.41) is 8.41. The Bertz CT molecular complexity index is 497. The molecule has 1 aromatic heterocycles. The smallest absolute Gasteiger partial charge is 0.251 e. The molecule has 1 aliphatic heterocycles. The summed E-state index contributed by atoms with van der Waals surface area (Å²) in [7, 11) is 0. The Labute approximate surface area is 128 Å². The predicted octanol–water partition coefficient (Wildman–Crippen LogP) is 0.859. The fourth-order valence-electron chi connectivity index (χ4n) is 2.58. The van der Waals surface area contributed by atoms with E-state index in [-0.39, 0.29) is 5.91 Å². The molecule has 0 aliphatic carbocycles. The van der Waals surface area contributed by atoms with Gasteiger partial charge < -0.3 is 16.4 Å². The average Bonchev–Trinajstić information content (AvgIpc) is 3.08. The number of hydrogen-bond donors (Lipinski definition) is 3. The van der Waals surface area contributed by atoms with E-state index in [2.05, 4.69) is 22.5 Å². The van der Waals surface area contributed by atoms with E-state index in [1.165, 1.54) is 11.3 Å². The van der Waals surface area contributed by atoms with E-state index in [9.17, 15) is 9.59 Å². The maximum atomic E-state index is 12.2. The lowest BCUT2D eigenvalue weighted by atomic mass is 10.2. The van der Waals surface area contributed by atoms with Crippen LogP contribution in [0.2, 0.25) is 0 Å². The van der Waals surface area contributed by atoms with Crippen molar-refractivity contribution in [3.8, 4) is 0 Å². The lowest BCUT2D eigenvalue weighted by Gasteiger charge is -2.27. The lowest BCUT2D eigenvalue weighted by molar-refractivity contribution is -0.117. The third-order valence-electron chi connectivity index (χ3n) is 3.59. The van der Waals surface area contributed by atoms with Gasteiger partial charge in [-0.05, 0) is 37.4 Å². The van der Waals surface area contributed by atoms with E-state index in [1.807, 2.05) is 0 Å². The van der Waals surface area contributed by atoms with Crippen LogP contribution >= 0.6 is 11.3 Å². The highest BCUT2D eigenvalue weighted by Crippen LogP contribution is 2.22. The Kier molecular flexibility index (Phi) is 5.72. The number of hydrogen-bond acceptors (Lipinski definition) is 5. The SMILES string of the molecule is CCCN(CC(=O)Nc1sccc1C(N)=O)C1CCNC1. The summed E-state index contributed by atoms with van der Waals surface area (Å²) in [6, 6.07) is 2.04. The molecule has 0 spiro atoms. The molecule has 4 N–H and O–H groups in total. The second-order valence-corrected chi connectivity index (χ2v) is 6.11. The molecular formula is C14H22N4O2S. The van der Waals surface area contributed by atoms with E-state index in [0.717, 1.165) is 32.5 Å². The topological polar surface area (TPSA) is 87.5 Å². The van der Waals surface area contributed by atoms with E-state index >= 15 is 0 Å². The summed E-state index contributed by atoms with van der Waals surface area (Å²) in [6.45, 7) is 5.28. The molecule has 7 heteroatoms. The summed E-state index contributed by atoms with van der Waals surface area (Å²) in [6.07, 6.45) is 2.08. The Morgan fingerprint density at radius 1 is 1.57 bits per heavy atom. The van der Waals surface area contributed by atoms with Crippen LogP contribution < -0.4 is 16.4 Å². The van der Waals surface area contributed by atoms with Gasteiger partial charge in [-0.2, -0.15) is 0 Å². The van der Waals surface area contributed by atoms with Crippen LogP contribution in [0.3, 0.4) is 0 Å². The van der Waals surface area contributed by atoms with Gasteiger partial charge in [-0.1, -0.05) is 6.92 Å². The number of rotatable bonds is 7. The molecule has 1 aliphatic rings. The molecule has 2 heterocycles. The Balaban J connectivity index is 1.95. The zero-order valence-electron chi connectivity index (χ0n) is 12.2. The molecule has 116 valence electrons. The highest BCUT2D eigenvalue weighted by molar-refractivity contribution is 7.14. The zero-order valence-corrected chi connectivity index (χ0v) is 13.0. The van der Waals surface area contributed by atoms with Gasteiger partial charge in [-0.3, -0.25) is 14.5 Å². The minimum Gasteiger partial charge on any atom is -0.366 e. The van der Waals surface area contributed by atoms with Crippen molar-refractivity contribution in [1.29, 1.82) is 0 Å². The molecule has 2 rings (SSSR count). The van der Waals surface area contributed by atoms with Gasteiger partial charge in [0.05, 0.1) is 12.1 Å². The summed E-state index contributed by atoms with van der Waals surface area (Å²) in [5.74, 6) is -0.614. The maximum Gasteiger partial charge on any atom is 0.251 e. The van der Waals surface area contributed by atoms with Crippen molar-refractivity contribution in [3.63, 3.8) is 0 Å². The van der Waals surface area contributed by atoms with Crippen LogP contribution in [0.1, 0.15) is 30.1 Å². The molecule has 1 saturated heterocycles. The fraction of sp³-hybridized carbons (Fsp3) is 0.571. The molecule has 0 radical (unpaired) electrons. The first-order valence-electron chi connectivity index (χ1n) is 7.23. The van der Waals surface area contributed by atoms with Gasteiger partial charge in [0.2, 0.25) is 5.91 Å². The molecule has 1 aromatic rings. The number of nitrogens with two attached hydrogens (primary N) is 1. The lowest BCUT2D eigenvalue weighted by Crippen LogP contribution is -2.42. The van der Waals surface area contributed by atoms with Gasteiger partial charge in [0.1, 0.15) is 5.00 Å². The third-order valence-corrected chi connectivity index (χ3v) is 4.42. The third kappa shape index (κ3) is 4.26. The first-order valence-corrected chi connectivity index (χ1v) is 8.11. The molecule has 1 atom stereocenters. The van der Waals surface area contributed by atoms with Crippen molar-refractivity contribution in [2.45, 2.75) is 25.8 Å². The van der Waals surface area contributed by atoms with E-state index in [1.54, 1.807) is 11.4 Å². The molecule has 21 heavy (non-hydrogen) atoms. The quantitative estimate of drug-likeness (QED) is 0.697. The largest absolute Gasteiger partial charge is 0.366 e. The Hall–Kier alpha value is -1.44.